The van der Waals surface area contributed by atoms with Crippen molar-refractivity contribution in [1.82, 2.24) is 0 Å². The molecule has 1 saturated heterocycles. The Balaban J connectivity index is 2.57. The number of cyclic esters (lactones) is 1. The smallest absolute Gasteiger partial charge is 0.320 e. The highest BCUT2D eigenvalue weighted by Crippen LogP contribution is 2.21. The van der Waals surface area contributed by atoms with Crippen LogP contribution in [0, 0.1) is 5.92 Å². The maximum atomic E-state index is 10.9. The first-order valence-corrected chi connectivity index (χ1v) is 3.58. The van der Waals surface area contributed by atoms with Gasteiger partial charge in [0.2, 0.25) is 0 Å². The van der Waals surface area contributed by atoms with Gasteiger partial charge in [-0.15, -0.1) is 0 Å². The van der Waals surface area contributed by atoms with Gasteiger partial charge in [-0.25, -0.2) is 0 Å². The van der Waals surface area contributed by atoms with Crippen molar-refractivity contribution in [1.29, 1.82) is 0 Å². The van der Waals surface area contributed by atoms with Crippen molar-refractivity contribution in [3.63, 3.8) is 0 Å². The fraction of sp³-hybridized carbons (Fsp3) is 0.714. The third-order valence-corrected chi connectivity index (χ3v) is 1.76. The molecule has 0 aromatic heterocycles. The molecule has 0 radical (unpaired) electrons. The van der Waals surface area contributed by atoms with Crippen molar-refractivity contribution >= 4 is 11.9 Å². The standard InChI is InChI=1S/C7H10O5/c1-11-6(9)5-2-4(3-8)12-7(5)10/h4-5,8H,2-3H2,1H3. The van der Waals surface area contributed by atoms with Gasteiger partial charge in [0.15, 0.2) is 5.92 Å². The summed E-state index contributed by atoms with van der Waals surface area (Å²) in [5.74, 6) is -2.07. The summed E-state index contributed by atoms with van der Waals surface area (Å²) in [5.41, 5.74) is 0. The Hall–Kier alpha value is -1.10. The molecule has 1 fully saturated rings. The zero-order chi connectivity index (χ0) is 9.14. The van der Waals surface area contributed by atoms with E-state index in [0.29, 0.717) is 0 Å². The Morgan fingerprint density at radius 2 is 2.50 bits per heavy atom. The van der Waals surface area contributed by atoms with Crippen LogP contribution >= 0.6 is 0 Å². The number of hydrogen-bond acceptors (Lipinski definition) is 5. The van der Waals surface area contributed by atoms with Crippen molar-refractivity contribution < 1.29 is 24.2 Å². The van der Waals surface area contributed by atoms with Crippen LogP contribution in [0.1, 0.15) is 6.42 Å². The molecule has 0 bridgehead atoms. The third kappa shape index (κ3) is 1.55. The van der Waals surface area contributed by atoms with Crippen LogP contribution in [-0.4, -0.2) is 36.9 Å². The lowest BCUT2D eigenvalue weighted by Crippen LogP contribution is -2.20. The summed E-state index contributed by atoms with van der Waals surface area (Å²) in [6.07, 6.45) is -0.344. The second kappa shape index (κ2) is 3.53. The third-order valence-electron chi connectivity index (χ3n) is 1.76. The van der Waals surface area contributed by atoms with Gasteiger partial charge in [0.25, 0.3) is 0 Å². The first kappa shape index (κ1) is 8.99. The summed E-state index contributed by atoms with van der Waals surface area (Å²) in [4.78, 5) is 21.8. The number of ether oxygens (including phenoxy) is 2. The molecular formula is C7H10O5. The minimum atomic E-state index is -0.854. The molecule has 2 unspecified atom stereocenters. The minimum Gasteiger partial charge on any atom is -0.468 e. The average molecular weight is 174 g/mol. The summed E-state index contributed by atoms with van der Waals surface area (Å²) >= 11 is 0. The van der Waals surface area contributed by atoms with E-state index in [0.717, 1.165) is 0 Å². The number of hydrogen-bond donors (Lipinski definition) is 1. The summed E-state index contributed by atoms with van der Waals surface area (Å²) in [6.45, 7) is -0.251. The number of rotatable bonds is 2. The molecule has 0 saturated carbocycles. The van der Waals surface area contributed by atoms with Gasteiger partial charge < -0.3 is 14.6 Å². The van der Waals surface area contributed by atoms with Crippen molar-refractivity contribution in [3.8, 4) is 0 Å². The van der Waals surface area contributed by atoms with Crippen LogP contribution in [-0.2, 0) is 19.1 Å². The molecule has 1 N–H and O–H groups in total. The largest absolute Gasteiger partial charge is 0.468 e. The van der Waals surface area contributed by atoms with Gasteiger partial charge in [-0.3, -0.25) is 9.59 Å². The first-order chi connectivity index (χ1) is 5.69. The second-order valence-electron chi connectivity index (χ2n) is 2.55. The molecule has 0 spiro atoms. The molecule has 0 aliphatic carbocycles. The topological polar surface area (TPSA) is 72.8 Å². The van der Waals surface area contributed by atoms with E-state index in [1.807, 2.05) is 0 Å². The van der Waals surface area contributed by atoms with Gasteiger partial charge in [0.05, 0.1) is 13.7 Å². The van der Waals surface area contributed by atoms with Gasteiger partial charge in [0.1, 0.15) is 6.10 Å². The molecule has 1 aliphatic rings. The fourth-order valence-corrected chi connectivity index (χ4v) is 1.10. The quantitative estimate of drug-likeness (QED) is 0.433. The Morgan fingerprint density at radius 1 is 1.83 bits per heavy atom. The number of carbonyl (C=O) groups excluding carboxylic acids is 2. The van der Waals surface area contributed by atoms with E-state index < -0.39 is 24.0 Å². The van der Waals surface area contributed by atoms with Crippen molar-refractivity contribution in [2.24, 2.45) is 5.92 Å². The highest BCUT2D eigenvalue weighted by molar-refractivity contribution is 5.96. The van der Waals surface area contributed by atoms with Gasteiger partial charge in [-0.2, -0.15) is 0 Å². The predicted molar refractivity (Wildman–Crippen MR) is 37.1 cm³/mol. The normalized spacial score (nSPS) is 28.3. The van der Waals surface area contributed by atoms with Gasteiger partial charge in [0, 0.05) is 6.42 Å². The van der Waals surface area contributed by atoms with Crippen LogP contribution in [0.4, 0.5) is 0 Å². The summed E-state index contributed by atoms with van der Waals surface area (Å²) in [6, 6.07) is 0. The lowest BCUT2D eigenvalue weighted by atomic mass is 10.1. The van der Waals surface area contributed by atoms with Crippen molar-refractivity contribution in [3.05, 3.63) is 0 Å². The molecular weight excluding hydrogens is 164 g/mol. The zero-order valence-corrected chi connectivity index (χ0v) is 6.65. The van der Waals surface area contributed by atoms with Crippen LogP contribution in [0.25, 0.3) is 0 Å². The van der Waals surface area contributed by atoms with Gasteiger partial charge in [-0.05, 0) is 0 Å². The molecule has 1 rings (SSSR count). The zero-order valence-electron chi connectivity index (χ0n) is 6.65. The number of aliphatic hydroxyl groups is 1. The van der Waals surface area contributed by atoms with Crippen LogP contribution < -0.4 is 0 Å². The van der Waals surface area contributed by atoms with Gasteiger partial charge >= 0.3 is 11.9 Å². The van der Waals surface area contributed by atoms with E-state index in [1.54, 1.807) is 0 Å². The van der Waals surface area contributed by atoms with E-state index in [1.165, 1.54) is 7.11 Å². The van der Waals surface area contributed by atoms with Crippen molar-refractivity contribution in [2.45, 2.75) is 12.5 Å². The minimum absolute atomic E-state index is 0.210. The van der Waals surface area contributed by atoms with E-state index in [4.69, 9.17) is 5.11 Å². The molecule has 0 aromatic carbocycles. The summed E-state index contributed by atoms with van der Waals surface area (Å²) < 4.78 is 9.03. The molecule has 5 heteroatoms. The molecule has 1 heterocycles. The maximum Gasteiger partial charge on any atom is 0.320 e. The Kier molecular flexibility index (Phi) is 2.65. The SMILES string of the molecule is COC(=O)C1CC(CO)OC1=O. The average Bonchev–Trinajstić information content (AvgIpc) is 2.45. The Bertz CT molecular complexity index is 200. The Morgan fingerprint density at radius 3 is 2.92 bits per heavy atom. The van der Waals surface area contributed by atoms with Crippen LogP contribution in [0.5, 0.6) is 0 Å². The molecule has 2 atom stereocenters. The second-order valence-corrected chi connectivity index (χ2v) is 2.55. The molecule has 1 aliphatic heterocycles. The number of methoxy groups -OCH3 is 1. The lowest BCUT2D eigenvalue weighted by Gasteiger charge is -2.01. The van der Waals surface area contributed by atoms with E-state index in [2.05, 4.69) is 9.47 Å². The number of aliphatic hydroxyl groups excluding tert-OH is 1. The lowest BCUT2D eigenvalue weighted by molar-refractivity contribution is -0.155. The van der Waals surface area contributed by atoms with Gasteiger partial charge in [-0.1, -0.05) is 0 Å². The molecule has 68 valence electrons. The highest BCUT2D eigenvalue weighted by atomic mass is 16.6. The van der Waals surface area contributed by atoms with E-state index in [-0.39, 0.29) is 13.0 Å². The van der Waals surface area contributed by atoms with Crippen LogP contribution in [0.15, 0.2) is 0 Å². The molecule has 12 heavy (non-hydrogen) atoms. The molecule has 5 nitrogen and oxygen atoms in total. The van der Waals surface area contributed by atoms with E-state index in [9.17, 15) is 9.59 Å². The molecule has 0 aromatic rings. The first-order valence-electron chi connectivity index (χ1n) is 3.58. The number of esters is 2. The Labute approximate surface area is 69.3 Å². The summed E-state index contributed by atoms with van der Waals surface area (Å²) in [7, 11) is 1.21. The van der Waals surface area contributed by atoms with Crippen molar-refractivity contribution in [2.75, 3.05) is 13.7 Å². The number of carbonyl (C=O) groups is 2. The predicted octanol–water partition coefficient (Wildman–Crippen LogP) is -0.917. The fourth-order valence-electron chi connectivity index (χ4n) is 1.10. The van der Waals surface area contributed by atoms with Crippen LogP contribution in [0.2, 0.25) is 0 Å². The van der Waals surface area contributed by atoms with E-state index >= 15 is 0 Å². The monoisotopic (exact) mass is 174 g/mol. The molecule has 0 amide bonds. The maximum absolute atomic E-state index is 10.9. The summed E-state index contributed by atoms with van der Waals surface area (Å²) in [5, 5.41) is 8.63. The van der Waals surface area contributed by atoms with Crippen LogP contribution in [0.3, 0.4) is 0 Å². The highest BCUT2D eigenvalue weighted by Gasteiger charge is 2.39.